The molecule has 0 radical (unpaired) electrons. The van der Waals surface area contributed by atoms with Crippen LogP contribution >= 0.6 is 0 Å². The third kappa shape index (κ3) is 4.46. The molecule has 0 unspecified atom stereocenters. The van der Waals surface area contributed by atoms with Gasteiger partial charge in [0.1, 0.15) is 5.75 Å². The minimum absolute atomic E-state index is 0.0531. The lowest BCUT2D eigenvalue weighted by Crippen LogP contribution is -2.60. The zero-order valence-electron chi connectivity index (χ0n) is 17.0. The lowest BCUT2D eigenvalue weighted by Gasteiger charge is -2.52. The molecule has 1 N–H and O–H groups in total. The van der Waals surface area contributed by atoms with Gasteiger partial charge in [-0.05, 0) is 31.7 Å². The normalized spacial score (nSPS) is 33.2. The van der Waals surface area contributed by atoms with Gasteiger partial charge in [0.15, 0.2) is 0 Å². The third-order valence-corrected chi connectivity index (χ3v) is 6.26. The Balaban J connectivity index is 1.86. The highest BCUT2D eigenvalue weighted by Crippen LogP contribution is 2.49. The Hall–Kier alpha value is -1.59. The smallest absolute Gasteiger partial charge is 0.222 e. The van der Waals surface area contributed by atoms with Crippen molar-refractivity contribution in [1.82, 2.24) is 5.32 Å². The summed E-state index contributed by atoms with van der Waals surface area (Å²) < 4.78 is 17.2. The van der Waals surface area contributed by atoms with Crippen LogP contribution in [-0.4, -0.2) is 38.4 Å². The summed E-state index contributed by atoms with van der Waals surface area (Å²) in [5, 5.41) is 3.34. The molecule has 5 atom stereocenters. The van der Waals surface area contributed by atoms with E-state index in [0.29, 0.717) is 24.9 Å². The largest absolute Gasteiger partial charge is 0.496 e. The fourth-order valence-electron chi connectivity index (χ4n) is 4.84. The highest BCUT2D eigenvalue weighted by molar-refractivity contribution is 5.77. The van der Waals surface area contributed by atoms with Crippen molar-refractivity contribution >= 4 is 5.91 Å². The van der Waals surface area contributed by atoms with Crippen molar-refractivity contribution in [3.8, 4) is 5.75 Å². The maximum Gasteiger partial charge on any atom is 0.222 e. The van der Waals surface area contributed by atoms with Crippen molar-refractivity contribution in [3.63, 3.8) is 0 Å². The average molecular weight is 376 g/mol. The molecule has 1 aliphatic heterocycles. The molecule has 0 spiro atoms. The minimum Gasteiger partial charge on any atom is -0.496 e. The van der Waals surface area contributed by atoms with E-state index in [1.165, 1.54) is 6.42 Å². The lowest BCUT2D eigenvalue weighted by atomic mass is 9.66. The number of methoxy groups -OCH3 is 2. The number of nitrogens with one attached hydrogen (secondary N) is 1. The average Bonchev–Trinajstić information content (AvgIpc) is 2.65. The van der Waals surface area contributed by atoms with Gasteiger partial charge in [-0.25, -0.2) is 0 Å². The molecule has 5 nitrogen and oxygen atoms in total. The SMILES string of the molecule is COCCC(=O)N[C@]1(C)C[C@H](c2ccccc2OC)O[C@@H]2C[C@H](C)CC[C@H]21. The fraction of sp³-hybridized carbons (Fsp3) is 0.682. The van der Waals surface area contributed by atoms with Crippen LogP contribution in [0.5, 0.6) is 5.75 Å². The van der Waals surface area contributed by atoms with Gasteiger partial charge in [0.05, 0.1) is 25.9 Å². The van der Waals surface area contributed by atoms with Gasteiger partial charge < -0.3 is 19.5 Å². The van der Waals surface area contributed by atoms with Gasteiger partial charge in [0.25, 0.3) is 0 Å². The van der Waals surface area contributed by atoms with Crippen molar-refractivity contribution < 1.29 is 19.0 Å². The van der Waals surface area contributed by atoms with Gasteiger partial charge in [-0.3, -0.25) is 4.79 Å². The number of hydrogen-bond acceptors (Lipinski definition) is 4. The van der Waals surface area contributed by atoms with Crippen LogP contribution in [0.1, 0.15) is 57.6 Å². The van der Waals surface area contributed by atoms with E-state index in [0.717, 1.165) is 30.6 Å². The van der Waals surface area contributed by atoms with E-state index in [1.807, 2.05) is 18.2 Å². The van der Waals surface area contributed by atoms with E-state index in [9.17, 15) is 4.79 Å². The van der Waals surface area contributed by atoms with E-state index in [4.69, 9.17) is 14.2 Å². The monoisotopic (exact) mass is 375 g/mol. The van der Waals surface area contributed by atoms with Gasteiger partial charge in [-0.15, -0.1) is 0 Å². The van der Waals surface area contributed by atoms with E-state index in [2.05, 4.69) is 25.2 Å². The molecule has 1 saturated carbocycles. The first-order valence-corrected chi connectivity index (χ1v) is 10.0. The summed E-state index contributed by atoms with van der Waals surface area (Å²) in [6, 6.07) is 8.04. The Bertz CT molecular complexity index is 649. The van der Waals surface area contributed by atoms with Gasteiger partial charge in [0.2, 0.25) is 5.91 Å². The number of amides is 1. The Morgan fingerprint density at radius 1 is 1.30 bits per heavy atom. The van der Waals surface area contributed by atoms with E-state index in [1.54, 1.807) is 14.2 Å². The van der Waals surface area contributed by atoms with E-state index in [-0.39, 0.29) is 23.7 Å². The summed E-state index contributed by atoms with van der Waals surface area (Å²) in [6.45, 7) is 4.93. The molecule has 27 heavy (non-hydrogen) atoms. The van der Waals surface area contributed by atoms with Crippen molar-refractivity contribution in [1.29, 1.82) is 0 Å². The van der Waals surface area contributed by atoms with Crippen LogP contribution in [-0.2, 0) is 14.3 Å². The number of carbonyl (C=O) groups is 1. The predicted molar refractivity (Wildman–Crippen MR) is 105 cm³/mol. The number of para-hydroxylation sites is 1. The van der Waals surface area contributed by atoms with Crippen LogP contribution in [0.25, 0.3) is 0 Å². The van der Waals surface area contributed by atoms with Crippen LogP contribution in [0, 0.1) is 11.8 Å². The molecule has 1 heterocycles. The van der Waals surface area contributed by atoms with E-state index < -0.39 is 0 Å². The second kappa shape index (κ2) is 8.61. The second-order valence-corrected chi connectivity index (χ2v) is 8.34. The number of hydrogen-bond donors (Lipinski definition) is 1. The van der Waals surface area contributed by atoms with Crippen LogP contribution in [0.2, 0.25) is 0 Å². The molecular formula is C22H33NO4. The topological polar surface area (TPSA) is 56.8 Å². The summed E-state index contributed by atoms with van der Waals surface area (Å²) >= 11 is 0. The van der Waals surface area contributed by atoms with Gasteiger partial charge >= 0.3 is 0 Å². The number of rotatable bonds is 6. The van der Waals surface area contributed by atoms with Crippen LogP contribution in [0.3, 0.4) is 0 Å². The Morgan fingerprint density at radius 3 is 2.81 bits per heavy atom. The van der Waals surface area contributed by atoms with Crippen molar-refractivity contribution in [3.05, 3.63) is 29.8 Å². The van der Waals surface area contributed by atoms with Gasteiger partial charge in [0, 0.05) is 37.0 Å². The highest BCUT2D eigenvalue weighted by Gasteiger charge is 2.49. The van der Waals surface area contributed by atoms with Gasteiger partial charge in [-0.1, -0.05) is 31.5 Å². The molecule has 1 aliphatic carbocycles. The summed E-state index contributed by atoms with van der Waals surface area (Å²) in [7, 11) is 3.32. The number of carbonyl (C=O) groups excluding carboxylic acids is 1. The lowest BCUT2D eigenvalue weighted by molar-refractivity contribution is -0.154. The number of ether oxygens (including phenoxy) is 3. The standard InChI is InChI=1S/C22H33NO4/c1-15-9-10-17-19(13-15)27-20(16-7-5-6-8-18(16)26-4)14-22(17,2)23-21(24)11-12-25-3/h5-8,15,17,19-20H,9-14H2,1-4H3,(H,23,24)/t15-,17-,19-,20-,22-/m1/s1. The maximum atomic E-state index is 12.5. The maximum absolute atomic E-state index is 12.5. The summed E-state index contributed by atoms with van der Waals surface area (Å²) in [4.78, 5) is 12.5. The molecular weight excluding hydrogens is 342 g/mol. The zero-order chi connectivity index (χ0) is 19.4. The molecule has 1 amide bonds. The molecule has 2 fully saturated rings. The fourth-order valence-corrected chi connectivity index (χ4v) is 4.84. The molecule has 5 heteroatoms. The van der Waals surface area contributed by atoms with Crippen molar-refractivity contribution in [2.45, 2.75) is 63.7 Å². The first-order valence-electron chi connectivity index (χ1n) is 10.0. The number of benzene rings is 1. The van der Waals surface area contributed by atoms with E-state index >= 15 is 0 Å². The van der Waals surface area contributed by atoms with Gasteiger partial charge in [-0.2, -0.15) is 0 Å². The van der Waals surface area contributed by atoms with Crippen molar-refractivity contribution in [2.75, 3.05) is 20.8 Å². The Kier molecular flexibility index (Phi) is 6.43. The Morgan fingerprint density at radius 2 is 2.07 bits per heavy atom. The molecule has 150 valence electrons. The van der Waals surface area contributed by atoms with Crippen LogP contribution in [0.15, 0.2) is 24.3 Å². The molecule has 2 aliphatic rings. The molecule has 3 rings (SSSR count). The Labute approximate surface area is 162 Å². The molecule has 0 bridgehead atoms. The number of fused-ring (bicyclic) bond motifs is 1. The summed E-state index contributed by atoms with van der Waals surface area (Å²) in [6.07, 6.45) is 4.53. The zero-order valence-corrected chi connectivity index (χ0v) is 17.0. The minimum atomic E-state index is -0.292. The summed E-state index contributed by atoms with van der Waals surface area (Å²) in [5.41, 5.74) is 0.772. The first-order chi connectivity index (χ1) is 13.0. The quantitative estimate of drug-likeness (QED) is 0.820. The second-order valence-electron chi connectivity index (χ2n) is 8.34. The summed E-state index contributed by atoms with van der Waals surface area (Å²) in [5.74, 6) is 1.89. The van der Waals surface area contributed by atoms with Crippen molar-refractivity contribution in [2.24, 2.45) is 11.8 Å². The predicted octanol–water partition coefficient (Wildman–Crippen LogP) is 3.87. The molecule has 0 aromatic heterocycles. The molecule has 1 aromatic carbocycles. The van der Waals surface area contributed by atoms with Crippen LogP contribution in [0.4, 0.5) is 0 Å². The first kappa shape index (κ1) is 20.2. The highest BCUT2D eigenvalue weighted by atomic mass is 16.5. The third-order valence-electron chi connectivity index (χ3n) is 6.26. The molecule has 1 aromatic rings. The van der Waals surface area contributed by atoms with Crippen LogP contribution < -0.4 is 10.1 Å². The molecule has 1 saturated heterocycles.